The van der Waals surface area contributed by atoms with Crippen molar-refractivity contribution in [1.82, 2.24) is 4.72 Å². The molecule has 0 radical (unpaired) electrons. The monoisotopic (exact) mass is 299 g/mol. The van der Waals surface area contributed by atoms with Crippen LogP contribution in [0.15, 0.2) is 23.1 Å². The number of sulfonamides is 1. The molecule has 1 aromatic rings. The number of hydrogen-bond donors (Lipinski definition) is 2. The highest BCUT2D eigenvalue weighted by atomic mass is 32.2. The van der Waals surface area contributed by atoms with Crippen molar-refractivity contribution >= 4 is 16.0 Å². The minimum Gasteiger partial charge on any atom is -0.480 e. The number of benzene rings is 1. The first kappa shape index (κ1) is 16.7. The van der Waals surface area contributed by atoms with E-state index >= 15 is 0 Å². The number of hydrogen-bond acceptors (Lipinski definition) is 3. The number of aryl methyl sites for hydroxylation is 2. The first-order valence-electron chi connectivity index (χ1n) is 6.46. The minimum atomic E-state index is -3.83. The van der Waals surface area contributed by atoms with Crippen LogP contribution in [0, 0.1) is 19.8 Å². The Morgan fingerprint density at radius 2 is 1.90 bits per heavy atom. The van der Waals surface area contributed by atoms with Crippen molar-refractivity contribution in [3.63, 3.8) is 0 Å². The van der Waals surface area contributed by atoms with Gasteiger partial charge in [-0.2, -0.15) is 4.72 Å². The van der Waals surface area contributed by atoms with Crippen LogP contribution >= 0.6 is 0 Å². The molecule has 0 heterocycles. The molecule has 1 rings (SSSR count). The average molecular weight is 299 g/mol. The predicted octanol–water partition coefficient (Wildman–Crippen LogP) is 2.08. The highest BCUT2D eigenvalue weighted by molar-refractivity contribution is 7.89. The van der Waals surface area contributed by atoms with E-state index < -0.39 is 22.0 Å². The van der Waals surface area contributed by atoms with Crippen molar-refractivity contribution in [2.75, 3.05) is 0 Å². The van der Waals surface area contributed by atoms with E-state index in [0.717, 1.165) is 5.56 Å². The van der Waals surface area contributed by atoms with Crippen molar-refractivity contribution in [2.45, 2.75) is 45.1 Å². The van der Waals surface area contributed by atoms with E-state index in [-0.39, 0.29) is 17.2 Å². The molecule has 20 heavy (non-hydrogen) atoms. The van der Waals surface area contributed by atoms with Gasteiger partial charge in [0.1, 0.15) is 6.04 Å². The maximum atomic E-state index is 12.3. The lowest BCUT2D eigenvalue weighted by Gasteiger charge is -2.17. The van der Waals surface area contributed by atoms with Gasteiger partial charge in [0.15, 0.2) is 0 Å². The average Bonchev–Trinajstić information content (AvgIpc) is 2.30. The molecule has 2 N–H and O–H groups in total. The van der Waals surface area contributed by atoms with Gasteiger partial charge in [-0.25, -0.2) is 8.42 Å². The molecule has 0 amide bonds. The molecule has 1 aromatic carbocycles. The zero-order valence-corrected chi connectivity index (χ0v) is 13.0. The Labute approximate surface area is 120 Å². The van der Waals surface area contributed by atoms with E-state index in [2.05, 4.69) is 4.72 Å². The summed E-state index contributed by atoms with van der Waals surface area (Å²) in [6, 6.07) is 3.96. The zero-order valence-electron chi connectivity index (χ0n) is 12.2. The fourth-order valence-corrected chi connectivity index (χ4v) is 3.45. The van der Waals surface area contributed by atoms with Crippen molar-refractivity contribution in [3.05, 3.63) is 29.3 Å². The fourth-order valence-electron chi connectivity index (χ4n) is 1.92. The van der Waals surface area contributed by atoms with Crippen molar-refractivity contribution in [2.24, 2.45) is 5.92 Å². The Hall–Kier alpha value is -1.40. The van der Waals surface area contributed by atoms with Gasteiger partial charge in [0.25, 0.3) is 0 Å². The highest BCUT2D eigenvalue weighted by Crippen LogP contribution is 2.18. The number of rotatable bonds is 6. The van der Waals surface area contributed by atoms with Crippen LogP contribution in [0.5, 0.6) is 0 Å². The summed E-state index contributed by atoms with van der Waals surface area (Å²) in [5.74, 6) is -1.08. The maximum absolute atomic E-state index is 12.3. The van der Waals surface area contributed by atoms with Gasteiger partial charge < -0.3 is 5.11 Å². The summed E-state index contributed by atoms with van der Waals surface area (Å²) in [6.45, 7) is 7.18. The van der Waals surface area contributed by atoms with Crippen LogP contribution in [0.4, 0.5) is 0 Å². The summed E-state index contributed by atoms with van der Waals surface area (Å²) in [5, 5.41) is 9.13. The Kier molecular flexibility index (Phi) is 5.30. The van der Waals surface area contributed by atoms with E-state index in [9.17, 15) is 13.2 Å². The number of carbonyl (C=O) groups is 1. The largest absolute Gasteiger partial charge is 0.480 e. The molecule has 112 valence electrons. The van der Waals surface area contributed by atoms with E-state index in [4.69, 9.17) is 5.11 Å². The molecule has 0 aliphatic carbocycles. The van der Waals surface area contributed by atoms with E-state index in [1.165, 1.54) is 0 Å². The highest BCUT2D eigenvalue weighted by Gasteiger charge is 2.27. The van der Waals surface area contributed by atoms with Gasteiger partial charge in [-0.05, 0) is 43.4 Å². The van der Waals surface area contributed by atoms with Crippen molar-refractivity contribution < 1.29 is 18.3 Å². The number of nitrogens with one attached hydrogen (secondary N) is 1. The summed E-state index contributed by atoms with van der Waals surface area (Å²) in [5.41, 5.74) is 1.41. The van der Waals surface area contributed by atoms with Crippen LogP contribution in [0.2, 0.25) is 0 Å². The van der Waals surface area contributed by atoms with Gasteiger partial charge in [-0.1, -0.05) is 26.0 Å². The molecule has 0 saturated carbocycles. The molecule has 0 saturated heterocycles. The normalized spacial score (nSPS) is 13.4. The Morgan fingerprint density at radius 3 is 2.40 bits per heavy atom. The smallest absolute Gasteiger partial charge is 0.321 e. The molecule has 0 bridgehead atoms. The third kappa shape index (κ3) is 4.31. The van der Waals surface area contributed by atoms with Crippen molar-refractivity contribution in [3.8, 4) is 0 Å². The van der Waals surface area contributed by atoms with E-state index in [1.807, 2.05) is 19.9 Å². The summed E-state index contributed by atoms with van der Waals surface area (Å²) in [7, 11) is -3.83. The first-order chi connectivity index (χ1) is 9.13. The Balaban J connectivity index is 3.09. The number of carboxylic acids is 1. The second-order valence-electron chi connectivity index (χ2n) is 5.41. The summed E-state index contributed by atoms with van der Waals surface area (Å²) in [4.78, 5) is 11.3. The standard InChI is InChI=1S/C14H21NO4S/c1-9(2)7-12(14(16)17)15-20(18,19)13-8-10(3)5-6-11(13)4/h5-6,8-9,12,15H,7H2,1-4H3,(H,16,17)/t12-/m1/s1. The quantitative estimate of drug-likeness (QED) is 0.842. The SMILES string of the molecule is Cc1ccc(C)c(S(=O)(=O)N[C@H](CC(C)C)C(=O)O)c1. The molecule has 0 aliphatic rings. The molecular formula is C14H21NO4S. The first-order valence-corrected chi connectivity index (χ1v) is 7.94. The second-order valence-corrected chi connectivity index (χ2v) is 7.09. The maximum Gasteiger partial charge on any atom is 0.321 e. The molecule has 6 heteroatoms. The molecule has 0 unspecified atom stereocenters. The zero-order chi connectivity index (χ0) is 15.5. The Morgan fingerprint density at radius 1 is 1.30 bits per heavy atom. The van der Waals surface area contributed by atoms with E-state index in [1.54, 1.807) is 26.0 Å². The van der Waals surface area contributed by atoms with Gasteiger partial charge in [0.05, 0.1) is 4.90 Å². The minimum absolute atomic E-state index is 0.0809. The lowest BCUT2D eigenvalue weighted by molar-refractivity contribution is -0.139. The fraction of sp³-hybridized carbons (Fsp3) is 0.500. The molecule has 1 atom stereocenters. The molecule has 0 spiro atoms. The van der Waals surface area contributed by atoms with Crippen molar-refractivity contribution in [1.29, 1.82) is 0 Å². The number of carboxylic acid groups (broad SMARTS) is 1. The van der Waals surface area contributed by atoms with Crippen LogP contribution in [0.25, 0.3) is 0 Å². The van der Waals surface area contributed by atoms with E-state index in [0.29, 0.717) is 5.56 Å². The molecule has 0 aromatic heterocycles. The van der Waals surface area contributed by atoms with Gasteiger partial charge >= 0.3 is 5.97 Å². The van der Waals surface area contributed by atoms with Crippen LogP contribution in [-0.2, 0) is 14.8 Å². The molecule has 0 fully saturated rings. The van der Waals surface area contributed by atoms with Gasteiger partial charge in [-0.3, -0.25) is 4.79 Å². The molecular weight excluding hydrogens is 278 g/mol. The lowest BCUT2D eigenvalue weighted by Crippen LogP contribution is -2.41. The topological polar surface area (TPSA) is 83.5 Å². The van der Waals surface area contributed by atoms with Gasteiger partial charge in [0.2, 0.25) is 10.0 Å². The summed E-state index contributed by atoms with van der Waals surface area (Å²) in [6.07, 6.45) is 0.249. The third-order valence-corrected chi connectivity index (χ3v) is 4.55. The lowest BCUT2D eigenvalue weighted by atomic mass is 10.1. The predicted molar refractivity (Wildman–Crippen MR) is 77.1 cm³/mol. The second kappa shape index (κ2) is 6.37. The van der Waals surface area contributed by atoms with Crippen LogP contribution in [-0.4, -0.2) is 25.5 Å². The summed E-state index contributed by atoms with van der Waals surface area (Å²) < 4.78 is 26.9. The molecule has 5 nitrogen and oxygen atoms in total. The third-order valence-electron chi connectivity index (χ3n) is 2.94. The number of aliphatic carboxylic acids is 1. The summed E-state index contributed by atoms with van der Waals surface area (Å²) >= 11 is 0. The van der Waals surface area contributed by atoms with Crippen LogP contribution < -0.4 is 4.72 Å². The van der Waals surface area contributed by atoms with Gasteiger partial charge in [-0.15, -0.1) is 0 Å². The Bertz CT molecular complexity index is 593. The van der Waals surface area contributed by atoms with Crippen LogP contribution in [0.1, 0.15) is 31.4 Å². The van der Waals surface area contributed by atoms with Crippen LogP contribution in [0.3, 0.4) is 0 Å². The van der Waals surface area contributed by atoms with Gasteiger partial charge in [0, 0.05) is 0 Å². The molecule has 0 aliphatic heterocycles.